The van der Waals surface area contributed by atoms with Gasteiger partial charge in [-0.25, -0.2) is 0 Å². The van der Waals surface area contributed by atoms with Crippen LogP contribution in [0.4, 0.5) is 0 Å². The van der Waals surface area contributed by atoms with Crippen LogP contribution in [0.2, 0.25) is 0 Å². The second-order valence-corrected chi connectivity index (χ2v) is 4.65. The van der Waals surface area contributed by atoms with Gasteiger partial charge in [0.1, 0.15) is 11.9 Å². The fourth-order valence-electron chi connectivity index (χ4n) is 2.10. The van der Waals surface area contributed by atoms with Crippen molar-refractivity contribution < 1.29 is 9.59 Å². The molecular weight excluding hydrogens is 252 g/mol. The maximum absolute atomic E-state index is 12.1. The highest BCUT2D eigenvalue weighted by molar-refractivity contribution is 6.27. The van der Waals surface area contributed by atoms with Crippen LogP contribution in [-0.4, -0.2) is 28.6 Å². The highest BCUT2D eigenvalue weighted by atomic mass is 35.5. The zero-order valence-corrected chi connectivity index (χ0v) is 10.9. The van der Waals surface area contributed by atoms with Crippen molar-refractivity contribution in [2.75, 3.05) is 5.88 Å². The van der Waals surface area contributed by atoms with Gasteiger partial charge in [-0.05, 0) is 18.1 Å². The minimum absolute atomic E-state index is 0.0790. The summed E-state index contributed by atoms with van der Waals surface area (Å²) >= 11 is 5.40. The maximum Gasteiger partial charge on any atom is 0.245 e. The Kier molecular flexibility index (Phi) is 3.87. The number of halogens is 1. The van der Waals surface area contributed by atoms with Gasteiger partial charge in [0.05, 0.1) is 0 Å². The van der Waals surface area contributed by atoms with Crippen molar-refractivity contribution in [3.05, 3.63) is 35.4 Å². The first-order valence-corrected chi connectivity index (χ1v) is 6.36. The lowest BCUT2D eigenvalue weighted by molar-refractivity contribution is -0.136. The molecule has 18 heavy (non-hydrogen) atoms. The van der Waals surface area contributed by atoms with Crippen LogP contribution in [0.3, 0.4) is 0 Å². The van der Waals surface area contributed by atoms with Crippen LogP contribution in [0, 0.1) is 0 Å². The molecule has 2 amide bonds. The molecule has 96 valence electrons. The van der Waals surface area contributed by atoms with Crippen LogP contribution < -0.4 is 5.32 Å². The molecule has 1 aromatic carbocycles. The van der Waals surface area contributed by atoms with Crippen molar-refractivity contribution in [1.29, 1.82) is 0 Å². The van der Waals surface area contributed by atoms with E-state index in [1.807, 2.05) is 24.3 Å². The van der Waals surface area contributed by atoms with Crippen molar-refractivity contribution in [3.63, 3.8) is 0 Å². The minimum atomic E-state index is -0.537. The number of hydrogen-bond donors (Lipinski definition) is 1. The third kappa shape index (κ3) is 2.64. The summed E-state index contributed by atoms with van der Waals surface area (Å²) in [6, 6.07) is 7.43. The predicted molar refractivity (Wildman–Crippen MR) is 69.0 cm³/mol. The van der Waals surface area contributed by atoms with E-state index in [0.29, 0.717) is 13.1 Å². The molecule has 2 rings (SSSR count). The van der Waals surface area contributed by atoms with E-state index in [1.54, 1.807) is 11.8 Å². The van der Waals surface area contributed by atoms with E-state index in [4.69, 9.17) is 11.6 Å². The Morgan fingerprint density at radius 2 is 1.89 bits per heavy atom. The van der Waals surface area contributed by atoms with Gasteiger partial charge in [0, 0.05) is 13.1 Å². The Balaban J connectivity index is 1.98. The van der Waals surface area contributed by atoms with E-state index < -0.39 is 6.04 Å². The number of carbonyl (C=O) groups is 2. The number of hydrogen-bond acceptors (Lipinski definition) is 2. The highest BCUT2D eigenvalue weighted by Crippen LogP contribution is 2.22. The number of amides is 2. The molecule has 1 N–H and O–H groups in total. The first-order valence-electron chi connectivity index (χ1n) is 5.82. The SMILES string of the molecule is C[C@H](NC(=O)CCl)C(=O)N1Cc2ccccc2C1. The number of nitrogens with one attached hydrogen (secondary N) is 1. The zero-order valence-electron chi connectivity index (χ0n) is 10.1. The number of alkyl halides is 1. The molecule has 1 atom stereocenters. The molecule has 5 heteroatoms. The van der Waals surface area contributed by atoms with Crippen molar-refractivity contribution in [2.24, 2.45) is 0 Å². The van der Waals surface area contributed by atoms with Gasteiger partial charge in [0.25, 0.3) is 0 Å². The molecule has 0 bridgehead atoms. The molecule has 1 heterocycles. The number of fused-ring (bicyclic) bond motifs is 1. The van der Waals surface area contributed by atoms with Crippen LogP contribution in [0.5, 0.6) is 0 Å². The zero-order chi connectivity index (χ0) is 13.1. The first kappa shape index (κ1) is 12.9. The Bertz CT molecular complexity index is 451. The quantitative estimate of drug-likeness (QED) is 0.838. The second-order valence-electron chi connectivity index (χ2n) is 4.39. The molecule has 1 aliphatic rings. The molecule has 0 unspecified atom stereocenters. The molecule has 0 fully saturated rings. The molecule has 4 nitrogen and oxygen atoms in total. The van der Waals surface area contributed by atoms with Crippen LogP contribution in [0.25, 0.3) is 0 Å². The van der Waals surface area contributed by atoms with Gasteiger partial charge >= 0.3 is 0 Å². The Labute approximate surface area is 111 Å². The normalized spacial score (nSPS) is 15.1. The summed E-state index contributed by atoms with van der Waals surface area (Å²) in [7, 11) is 0. The van der Waals surface area contributed by atoms with Gasteiger partial charge in [-0.1, -0.05) is 24.3 Å². The van der Waals surface area contributed by atoms with Gasteiger partial charge in [-0.15, -0.1) is 11.6 Å². The fourth-order valence-corrected chi connectivity index (χ4v) is 2.18. The summed E-state index contributed by atoms with van der Waals surface area (Å²) in [5.74, 6) is -0.531. The second kappa shape index (κ2) is 5.40. The van der Waals surface area contributed by atoms with Crippen molar-refractivity contribution in [3.8, 4) is 0 Å². The topological polar surface area (TPSA) is 49.4 Å². The van der Waals surface area contributed by atoms with Gasteiger partial charge < -0.3 is 10.2 Å². The van der Waals surface area contributed by atoms with Crippen LogP contribution >= 0.6 is 11.6 Å². The summed E-state index contributed by atoms with van der Waals surface area (Å²) in [4.78, 5) is 25.0. The monoisotopic (exact) mass is 266 g/mol. The smallest absolute Gasteiger partial charge is 0.245 e. The van der Waals surface area contributed by atoms with E-state index in [1.165, 1.54) is 11.1 Å². The molecule has 1 aromatic rings. The largest absolute Gasteiger partial charge is 0.344 e. The molecule has 0 aliphatic carbocycles. The molecule has 0 aromatic heterocycles. The Morgan fingerprint density at radius 1 is 1.33 bits per heavy atom. The van der Waals surface area contributed by atoms with E-state index in [0.717, 1.165) is 0 Å². The number of rotatable bonds is 3. The van der Waals surface area contributed by atoms with Gasteiger partial charge in [0.15, 0.2) is 0 Å². The van der Waals surface area contributed by atoms with Gasteiger partial charge in [-0.2, -0.15) is 0 Å². The van der Waals surface area contributed by atoms with Gasteiger partial charge in [0.2, 0.25) is 11.8 Å². The minimum Gasteiger partial charge on any atom is -0.344 e. The average Bonchev–Trinajstić information content (AvgIpc) is 2.81. The molecule has 0 radical (unpaired) electrons. The summed E-state index contributed by atoms with van der Waals surface area (Å²) in [5.41, 5.74) is 2.34. The predicted octanol–water partition coefficient (Wildman–Crippen LogP) is 1.27. The van der Waals surface area contributed by atoms with Crippen molar-refractivity contribution in [1.82, 2.24) is 10.2 Å². The number of benzene rings is 1. The summed E-state index contributed by atoms with van der Waals surface area (Å²) in [6.45, 7) is 2.89. The fraction of sp³-hybridized carbons (Fsp3) is 0.385. The molecule has 0 saturated carbocycles. The Hall–Kier alpha value is -1.55. The highest BCUT2D eigenvalue weighted by Gasteiger charge is 2.27. The Morgan fingerprint density at radius 3 is 2.39 bits per heavy atom. The standard InChI is InChI=1S/C13H15ClN2O2/c1-9(15-12(17)6-14)13(18)16-7-10-4-2-3-5-11(10)8-16/h2-5,9H,6-8H2,1H3,(H,15,17)/t9-/m0/s1. The van der Waals surface area contributed by atoms with Crippen molar-refractivity contribution in [2.45, 2.75) is 26.1 Å². The van der Waals surface area contributed by atoms with Crippen LogP contribution in [0.15, 0.2) is 24.3 Å². The summed E-state index contributed by atoms with van der Waals surface area (Å²) < 4.78 is 0. The summed E-state index contributed by atoms with van der Waals surface area (Å²) in [5, 5.41) is 2.57. The molecular formula is C13H15ClN2O2. The van der Waals surface area contributed by atoms with E-state index >= 15 is 0 Å². The van der Waals surface area contributed by atoms with Crippen LogP contribution in [0.1, 0.15) is 18.1 Å². The third-order valence-corrected chi connectivity index (χ3v) is 3.26. The van der Waals surface area contributed by atoms with Gasteiger partial charge in [-0.3, -0.25) is 9.59 Å². The molecule has 0 spiro atoms. The average molecular weight is 267 g/mol. The van der Waals surface area contributed by atoms with E-state index in [2.05, 4.69) is 5.32 Å². The van der Waals surface area contributed by atoms with Crippen LogP contribution in [-0.2, 0) is 22.7 Å². The lowest BCUT2D eigenvalue weighted by Crippen LogP contribution is -2.45. The summed E-state index contributed by atoms with van der Waals surface area (Å²) in [6.07, 6.45) is 0. The lowest BCUT2D eigenvalue weighted by Gasteiger charge is -2.20. The third-order valence-electron chi connectivity index (χ3n) is 3.02. The molecule has 0 saturated heterocycles. The van der Waals surface area contributed by atoms with Crippen molar-refractivity contribution >= 4 is 23.4 Å². The number of nitrogens with zero attached hydrogens (tertiary/aromatic N) is 1. The number of carbonyl (C=O) groups excluding carboxylic acids is 2. The molecule has 1 aliphatic heterocycles. The maximum atomic E-state index is 12.1. The van der Waals surface area contributed by atoms with E-state index in [9.17, 15) is 9.59 Å². The lowest BCUT2D eigenvalue weighted by atomic mass is 10.1. The van der Waals surface area contributed by atoms with E-state index in [-0.39, 0.29) is 17.7 Å². The first-order chi connectivity index (χ1) is 8.61.